The third-order valence-corrected chi connectivity index (χ3v) is 3.12. The van der Waals surface area contributed by atoms with Gasteiger partial charge in [0.15, 0.2) is 5.89 Å². The van der Waals surface area contributed by atoms with Gasteiger partial charge in [0.2, 0.25) is 0 Å². The molecule has 1 saturated heterocycles. The summed E-state index contributed by atoms with van der Waals surface area (Å²) in [4.78, 5) is 4.53. The zero-order valence-electron chi connectivity index (χ0n) is 9.68. The third kappa shape index (κ3) is 2.59. The molecule has 2 heterocycles. The van der Waals surface area contributed by atoms with Gasteiger partial charge in [-0.25, -0.2) is 4.98 Å². The van der Waals surface area contributed by atoms with Crippen molar-refractivity contribution in [3.63, 3.8) is 0 Å². The van der Waals surface area contributed by atoms with Crippen LogP contribution in [0.3, 0.4) is 0 Å². The maximum atomic E-state index is 5.57. The van der Waals surface area contributed by atoms with Crippen molar-refractivity contribution in [3.05, 3.63) is 17.3 Å². The van der Waals surface area contributed by atoms with Gasteiger partial charge in [-0.3, -0.25) is 0 Å². The number of hydrogen-bond acceptors (Lipinski definition) is 3. The van der Waals surface area contributed by atoms with Gasteiger partial charge in [-0.05, 0) is 45.2 Å². The number of hydrogen-bond donors (Lipinski definition) is 1. The Bertz CT molecular complexity index is 313. The number of nitrogens with one attached hydrogen (secondary N) is 1. The monoisotopic (exact) mass is 208 g/mol. The molecule has 1 N–H and O–H groups in total. The third-order valence-electron chi connectivity index (χ3n) is 3.12. The summed E-state index contributed by atoms with van der Waals surface area (Å²) in [5, 5.41) is 3.44. The number of rotatable bonds is 3. The standard InChI is InChI=1S/C12H20N2O/c1-3-12-14-11(9(2)15-12)7-10-5-4-6-13-8-10/h10,13H,3-8H2,1-2H3. The van der Waals surface area contributed by atoms with Crippen molar-refractivity contribution in [2.75, 3.05) is 13.1 Å². The molecule has 0 saturated carbocycles. The van der Waals surface area contributed by atoms with Crippen LogP contribution in [0, 0.1) is 12.8 Å². The molecule has 2 rings (SSSR count). The molecule has 1 aromatic heterocycles. The fourth-order valence-electron chi connectivity index (χ4n) is 2.20. The Morgan fingerprint density at radius 2 is 2.40 bits per heavy atom. The number of nitrogens with zero attached hydrogens (tertiary/aromatic N) is 1. The van der Waals surface area contributed by atoms with E-state index in [0.717, 1.165) is 37.0 Å². The first-order chi connectivity index (χ1) is 7.29. The van der Waals surface area contributed by atoms with Gasteiger partial charge >= 0.3 is 0 Å². The Morgan fingerprint density at radius 3 is 3.00 bits per heavy atom. The van der Waals surface area contributed by atoms with Gasteiger partial charge < -0.3 is 9.73 Å². The molecule has 1 aliphatic heterocycles. The molecule has 1 aliphatic rings. The van der Waals surface area contributed by atoms with Gasteiger partial charge in [-0.15, -0.1) is 0 Å². The smallest absolute Gasteiger partial charge is 0.194 e. The highest BCUT2D eigenvalue weighted by Gasteiger charge is 2.17. The molecule has 1 fully saturated rings. The highest BCUT2D eigenvalue weighted by Crippen LogP contribution is 2.19. The maximum absolute atomic E-state index is 5.57. The second kappa shape index (κ2) is 4.79. The summed E-state index contributed by atoms with van der Waals surface area (Å²) in [6.45, 7) is 6.41. The Kier molecular flexibility index (Phi) is 3.41. The second-order valence-corrected chi connectivity index (χ2v) is 4.38. The van der Waals surface area contributed by atoms with Gasteiger partial charge in [0.1, 0.15) is 5.76 Å². The summed E-state index contributed by atoms with van der Waals surface area (Å²) < 4.78 is 5.57. The van der Waals surface area contributed by atoms with E-state index >= 15 is 0 Å². The van der Waals surface area contributed by atoms with Crippen LogP contribution in [0.1, 0.15) is 37.1 Å². The van der Waals surface area contributed by atoms with Gasteiger partial charge in [0.25, 0.3) is 0 Å². The molecule has 0 aromatic carbocycles. The van der Waals surface area contributed by atoms with Crippen LogP contribution in [0.2, 0.25) is 0 Å². The minimum absolute atomic E-state index is 0.743. The van der Waals surface area contributed by atoms with Gasteiger partial charge in [0.05, 0.1) is 5.69 Å². The topological polar surface area (TPSA) is 38.1 Å². The maximum Gasteiger partial charge on any atom is 0.194 e. The Hall–Kier alpha value is -0.830. The van der Waals surface area contributed by atoms with Crippen molar-refractivity contribution < 1.29 is 4.42 Å². The molecule has 0 bridgehead atoms. The first-order valence-corrected chi connectivity index (χ1v) is 5.95. The minimum atomic E-state index is 0.743. The summed E-state index contributed by atoms with van der Waals surface area (Å²) in [6.07, 6.45) is 4.58. The average Bonchev–Trinajstić information content (AvgIpc) is 2.61. The number of piperidine rings is 1. The van der Waals surface area contributed by atoms with Gasteiger partial charge in [-0.2, -0.15) is 0 Å². The molecule has 3 heteroatoms. The van der Waals surface area contributed by atoms with Crippen molar-refractivity contribution >= 4 is 0 Å². The van der Waals surface area contributed by atoms with Crippen LogP contribution in [-0.2, 0) is 12.8 Å². The molecule has 0 aliphatic carbocycles. The summed E-state index contributed by atoms with van der Waals surface area (Å²) >= 11 is 0. The van der Waals surface area contributed by atoms with Crippen molar-refractivity contribution in [3.8, 4) is 0 Å². The first kappa shape index (κ1) is 10.7. The molecule has 84 valence electrons. The number of oxazole rings is 1. The predicted molar refractivity (Wildman–Crippen MR) is 59.9 cm³/mol. The molecule has 0 radical (unpaired) electrons. The highest BCUT2D eigenvalue weighted by molar-refractivity contribution is 5.09. The van der Waals surface area contributed by atoms with E-state index in [1.807, 2.05) is 6.92 Å². The number of aromatic nitrogens is 1. The normalized spacial score (nSPS) is 21.9. The average molecular weight is 208 g/mol. The zero-order valence-corrected chi connectivity index (χ0v) is 9.68. The quantitative estimate of drug-likeness (QED) is 0.826. The summed E-state index contributed by atoms with van der Waals surface area (Å²) in [7, 11) is 0. The Labute approximate surface area is 91.3 Å². The van der Waals surface area contributed by atoms with Crippen LogP contribution >= 0.6 is 0 Å². The molecule has 15 heavy (non-hydrogen) atoms. The summed E-state index contributed by atoms with van der Waals surface area (Å²) in [6, 6.07) is 0. The molecule has 1 aromatic rings. The lowest BCUT2D eigenvalue weighted by Crippen LogP contribution is -2.31. The molecular formula is C12H20N2O. The van der Waals surface area contributed by atoms with Crippen LogP contribution in [-0.4, -0.2) is 18.1 Å². The van der Waals surface area contributed by atoms with E-state index in [0.29, 0.717) is 0 Å². The van der Waals surface area contributed by atoms with Crippen LogP contribution in [0.15, 0.2) is 4.42 Å². The lowest BCUT2D eigenvalue weighted by molar-refractivity contribution is 0.372. The molecular weight excluding hydrogens is 188 g/mol. The lowest BCUT2D eigenvalue weighted by atomic mass is 9.94. The van der Waals surface area contributed by atoms with E-state index < -0.39 is 0 Å². The fourth-order valence-corrected chi connectivity index (χ4v) is 2.20. The fraction of sp³-hybridized carbons (Fsp3) is 0.750. The van der Waals surface area contributed by atoms with E-state index in [1.165, 1.54) is 25.1 Å². The van der Waals surface area contributed by atoms with Gasteiger partial charge in [0, 0.05) is 6.42 Å². The predicted octanol–water partition coefficient (Wildman–Crippen LogP) is 2.09. The summed E-state index contributed by atoms with van der Waals surface area (Å²) in [5.41, 5.74) is 1.17. The first-order valence-electron chi connectivity index (χ1n) is 5.95. The largest absolute Gasteiger partial charge is 0.446 e. The summed E-state index contributed by atoms with van der Waals surface area (Å²) in [5.74, 6) is 2.64. The van der Waals surface area contributed by atoms with E-state index in [9.17, 15) is 0 Å². The lowest BCUT2D eigenvalue weighted by Gasteiger charge is -2.21. The SMILES string of the molecule is CCc1nc(CC2CCCNC2)c(C)o1. The minimum Gasteiger partial charge on any atom is -0.446 e. The Morgan fingerprint density at radius 1 is 1.53 bits per heavy atom. The van der Waals surface area contributed by atoms with Gasteiger partial charge in [-0.1, -0.05) is 6.92 Å². The van der Waals surface area contributed by atoms with Crippen molar-refractivity contribution in [2.24, 2.45) is 5.92 Å². The number of aryl methyl sites for hydroxylation is 2. The van der Waals surface area contributed by atoms with E-state index in [4.69, 9.17) is 4.42 Å². The highest BCUT2D eigenvalue weighted by atomic mass is 16.4. The van der Waals surface area contributed by atoms with Crippen molar-refractivity contribution in [2.45, 2.75) is 39.5 Å². The van der Waals surface area contributed by atoms with Crippen LogP contribution < -0.4 is 5.32 Å². The molecule has 0 spiro atoms. The van der Waals surface area contributed by atoms with Crippen LogP contribution in [0.25, 0.3) is 0 Å². The van der Waals surface area contributed by atoms with E-state index in [2.05, 4.69) is 17.2 Å². The zero-order chi connectivity index (χ0) is 10.7. The van der Waals surface area contributed by atoms with Crippen molar-refractivity contribution in [1.82, 2.24) is 10.3 Å². The van der Waals surface area contributed by atoms with Crippen molar-refractivity contribution in [1.29, 1.82) is 0 Å². The van der Waals surface area contributed by atoms with E-state index in [-0.39, 0.29) is 0 Å². The molecule has 1 atom stereocenters. The molecule has 0 amide bonds. The van der Waals surface area contributed by atoms with Crippen LogP contribution in [0.4, 0.5) is 0 Å². The Balaban J connectivity index is 1.99. The molecule has 3 nitrogen and oxygen atoms in total. The van der Waals surface area contributed by atoms with E-state index in [1.54, 1.807) is 0 Å². The molecule has 1 unspecified atom stereocenters. The van der Waals surface area contributed by atoms with Crippen LogP contribution in [0.5, 0.6) is 0 Å². The second-order valence-electron chi connectivity index (χ2n) is 4.38.